The Morgan fingerprint density at radius 1 is 1.12 bits per heavy atom. The van der Waals surface area contributed by atoms with Gasteiger partial charge >= 0.3 is 0 Å². The maximum Gasteiger partial charge on any atom is 0.209 e. The maximum absolute atomic E-state index is 4.53. The number of hydrogen-bond acceptors (Lipinski definition) is 3. The normalized spacial score (nSPS) is 26.3. The summed E-state index contributed by atoms with van der Waals surface area (Å²) in [6.07, 6.45) is 10.5. The second kappa shape index (κ2) is 8.79. The topological polar surface area (TPSA) is 52.5 Å². The van der Waals surface area contributed by atoms with E-state index in [1.54, 1.807) is 4.90 Å². The van der Waals surface area contributed by atoms with Crippen molar-refractivity contribution in [3.05, 3.63) is 5.82 Å². The molecule has 6 heteroatoms. The first-order chi connectivity index (χ1) is 12.6. The van der Waals surface area contributed by atoms with Crippen molar-refractivity contribution in [1.29, 1.82) is 0 Å². The SMILES string of the molecule is CCCC[C@H](c1nnnn1C(C)(C)CC)[NH+]1CC[NH+](C2CCCC2)CC1. The fraction of sp³-hybridized carbons (Fsp3) is 0.950. The number of quaternary nitrogens is 2. The van der Waals surface area contributed by atoms with Gasteiger partial charge in [-0.15, -0.1) is 5.10 Å². The molecule has 2 N–H and O–H groups in total. The number of rotatable bonds is 8. The van der Waals surface area contributed by atoms with E-state index in [1.165, 1.54) is 71.1 Å². The molecule has 1 aromatic rings. The summed E-state index contributed by atoms with van der Waals surface area (Å²) in [5, 5.41) is 13.0. The molecule has 2 fully saturated rings. The van der Waals surface area contributed by atoms with E-state index < -0.39 is 0 Å². The molecule has 1 aromatic heterocycles. The number of aromatic nitrogens is 4. The van der Waals surface area contributed by atoms with E-state index in [1.807, 2.05) is 4.90 Å². The summed E-state index contributed by atoms with van der Waals surface area (Å²) in [5.74, 6) is 1.12. The van der Waals surface area contributed by atoms with Gasteiger partial charge in [0.05, 0.1) is 11.6 Å². The van der Waals surface area contributed by atoms with Crippen LogP contribution in [0.1, 0.15) is 90.9 Å². The quantitative estimate of drug-likeness (QED) is 0.717. The lowest BCUT2D eigenvalue weighted by Crippen LogP contribution is -3.29. The van der Waals surface area contributed by atoms with Crippen molar-refractivity contribution >= 4 is 0 Å². The fourth-order valence-corrected chi connectivity index (χ4v) is 4.90. The molecule has 1 aliphatic heterocycles. The molecular formula is C20H40N6+2. The zero-order valence-corrected chi connectivity index (χ0v) is 17.4. The van der Waals surface area contributed by atoms with Crippen LogP contribution in [0.2, 0.25) is 0 Å². The monoisotopic (exact) mass is 364 g/mol. The van der Waals surface area contributed by atoms with Crippen molar-refractivity contribution in [3.63, 3.8) is 0 Å². The summed E-state index contributed by atoms with van der Waals surface area (Å²) >= 11 is 0. The zero-order valence-electron chi connectivity index (χ0n) is 17.4. The van der Waals surface area contributed by atoms with Crippen LogP contribution in [-0.2, 0) is 5.54 Å². The van der Waals surface area contributed by atoms with Crippen LogP contribution in [0.4, 0.5) is 0 Å². The number of unbranched alkanes of at least 4 members (excludes halogenated alkanes) is 1. The highest BCUT2D eigenvalue weighted by Crippen LogP contribution is 2.23. The van der Waals surface area contributed by atoms with Gasteiger partial charge in [-0.3, -0.25) is 0 Å². The molecule has 2 heterocycles. The van der Waals surface area contributed by atoms with Gasteiger partial charge in [0.25, 0.3) is 0 Å². The highest BCUT2D eigenvalue weighted by atomic mass is 15.6. The molecule has 26 heavy (non-hydrogen) atoms. The molecule has 0 radical (unpaired) electrons. The summed E-state index contributed by atoms with van der Waals surface area (Å²) in [6, 6.07) is 1.39. The largest absolute Gasteiger partial charge is 0.323 e. The number of tetrazole rings is 1. The van der Waals surface area contributed by atoms with Crippen LogP contribution in [0.25, 0.3) is 0 Å². The van der Waals surface area contributed by atoms with Crippen LogP contribution < -0.4 is 9.80 Å². The Labute approximate surface area is 159 Å². The van der Waals surface area contributed by atoms with Crippen LogP contribution >= 0.6 is 0 Å². The third-order valence-corrected chi connectivity index (χ3v) is 7.05. The molecule has 6 nitrogen and oxygen atoms in total. The summed E-state index contributed by atoms with van der Waals surface area (Å²) in [7, 11) is 0. The summed E-state index contributed by atoms with van der Waals surface area (Å²) < 4.78 is 2.12. The highest BCUT2D eigenvalue weighted by Gasteiger charge is 2.38. The molecule has 0 spiro atoms. The molecule has 0 bridgehead atoms. The molecule has 2 aliphatic rings. The molecule has 0 aromatic carbocycles. The predicted octanol–water partition coefficient (Wildman–Crippen LogP) is 0.776. The van der Waals surface area contributed by atoms with Crippen molar-refractivity contribution in [2.75, 3.05) is 26.2 Å². The van der Waals surface area contributed by atoms with Gasteiger partial charge in [-0.05, 0) is 62.8 Å². The minimum Gasteiger partial charge on any atom is -0.323 e. The Morgan fingerprint density at radius 2 is 1.81 bits per heavy atom. The molecule has 1 saturated carbocycles. The lowest BCUT2D eigenvalue weighted by molar-refractivity contribution is -1.04. The van der Waals surface area contributed by atoms with Gasteiger partial charge in [-0.25, -0.2) is 4.68 Å². The molecule has 0 amide bonds. The van der Waals surface area contributed by atoms with Crippen molar-refractivity contribution in [1.82, 2.24) is 20.2 Å². The van der Waals surface area contributed by atoms with E-state index in [4.69, 9.17) is 0 Å². The molecule has 3 rings (SSSR count). The van der Waals surface area contributed by atoms with Crippen molar-refractivity contribution in [3.8, 4) is 0 Å². The van der Waals surface area contributed by atoms with Crippen molar-refractivity contribution < 1.29 is 9.80 Å². The number of hydrogen-bond donors (Lipinski definition) is 2. The Bertz CT molecular complexity index is 540. The maximum atomic E-state index is 4.53. The van der Waals surface area contributed by atoms with E-state index in [2.05, 4.69) is 47.9 Å². The van der Waals surface area contributed by atoms with Gasteiger partial charge in [0.2, 0.25) is 5.82 Å². The fourth-order valence-electron chi connectivity index (χ4n) is 4.90. The van der Waals surface area contributed by atoms with Crippen LogP contribution in [0, 0.1) is 0 Å². The van der Waals surface area contributed by atoms with Gasteiger partial charge in [0.15, 0.2) is 0 Å². The van der Waals surface area contributed by atoms with E-state index in [0.29, 0.717) is 6.04 Å². The Kier molecular flexibility index (Phi) is 6.67. The molecular weight excluding hydrogens is 324 g/mol. The summed E-state index contributed by atoms with van der Waals surface area (Å²) in [6.45, 7) is 14.2. The van der Waals surface area contributed by atoms with E-state index in [-0.39, 0.29) is 5.54 Å². The van der Waals surface area contributed by atoms with E-state index in [0.717, 1.165) is 18.3 Å². The zero-order chi connectivity index (χ0) is 18.6. The van der Waals surface area contributed by atoms with Crippen LogP contribution in [-0.4, -0.2) is 52.4 Å². The van der Waals surface area contributed by atoms with Crippen molar-refractivity contribution in [2.45, 2.75) is 96.7 Å². The lowest BCUT2D eigenvalue weighted by Gasteiger charge is -2.37. The number of piperazine rings is 1. The Morgan fingerprint density at radius 3 is 2.42 bits per heavy atom. The minimum absolute atomic E-state index is 0.0142. The van der Waals surface area contributed by atoms with E-state index >= 15 is 0 Å². The highest BCUT2D eigenvalue weighted by molar-refractivity contribution is 4.93. The second-order valence-corrected chi connectivity index (χ2v) is 9.11. The van der Waals surface area contributed by atoms with Crippen LogP contribution in [0.5, 0.6) is 0 Å². The smallest absolute Gasteiger partial charge is 0.209 e. The van der Waals surface area contributed by atoms with E-state index in [9.17, 15) is 0 Å². The standard InChI is InChI=1S/C20H38N6/c1-5-7-12-18(19-21-22-23-26(19)20(3,4)6-2)25-15-13-24(14-16-25)17-10-8-9-11-17/h17-18H,5-16H2,1-4H3/p+2/t18-/m1/s1. The van der Waals surface area contributed by atoms with Gasteiger partial charge in [-0.2, -0.15) is 0 Å². The van der Waals surface area contributed by atoms with Crippen molar-refractivity contribution in [2.24, 2.45) is 0 Å². The van der Waals surface area contributed by atoms with Gasteiger partial charge in [0.1, 0.15) is 32.2 Å². The molecule has 0 unspecified atom stereocenters. The summed E-state index contributed by atoms with van der Waals surface area (Å²) in [5.41, 5.74) is -0.0142. The molecule has 1 atom stereocenters. The third kappa shape index (κ3) is 4.28. The molecule has 1 saturated heterocycles. The first kappa shape index (κ1) is 19.7. The van der Waals surface area contributed by atoms with Crippen LogP contribution in [0.3, 0.4) is 0 Å². The number of nitrogens with one attached hydrogen (secondary N) is 2. The third-order valence-electron chi connectivity index (χ3n) is 7.05. The van der Waals surface area contributed by atoms with Gasteiger partial charge < -0.3 is 9.80 Å². The summed E-state index contributed by atoms with van der Waals surface area (Å²) in [4.78, 5) is 3.58. The first-order valence-electron chi connectivity index (χ1n) is 11.0. The van der Waals surface area contributed by atoms with Crippen LogP contribution in [0.15, 0.2) is 0 Å². The minimum atomic E-state index is -0.0142. The van der Waals surface area contributed by atoms with Gasteiger partial charge in [-0.1, -0.05) is 20.3 Å². The Hall–Kier alpha value is -1.01. The average molecular weight is 365 g/mol. The van der Waals surface area contributed by atoms with Gasteiger partial charge in [0, 0.05) is 6.42 Å². The predicted molar refractivity (Wildman–Crippen MR) is 103 cm³/mol. The molecule has 148 valence electrons. The lowest BCUT2D eigenvalue weighted by atomic mass is 10.00. The average Bonchev–Trinajstić information content (AvgIpc) is 3.35. The second-order valence-electron chi connectivity index (χ2n) is 9.11. The number of nitrogens with zero attached hydrogens (tertiary/aromatic N) is 4. The molecule has 1 aliphatic carbocycles. The first-order valence-corrected chi connectivity index (χ1v) is 11.0. The Balaban J connectivity index is 1.72.